The van der Waals surface area contributed by atoms with Gasteiger partial charge in [-0.2, -0.15) is 4.99 Å². The molecule has 2 aliphatic rings. The lowest BCUT2D eigenvalue weighted by atomic mass is 9.92. The van der Waals surface area contributed by atoms with Crippen LogP contribution in [-0.2, 0) is 6.54 Å². The molecule has 1 atom stereocenters. The van der Waals surface area contributed by atoms with Gasteiger partial charge in [-0.05, 0) is 24.8 Å². The van der Waals surface area contributed by atoms with Gasteiger partial charge in [-0.15, -0.1) is 0 Å². The lowest BCUT2D eigenvalue weighted by molar-refractivity contribution is 0.165. The molecule has 0 saturated heterocycles. The molecule has 1 saturated carbocycles. The maximum Gasteiger partial charge on any atom is 0.346 e. The van der Waals surface area contributed by atoms with E-state index in [1.807, 2.05) is 42.2 Å². The number of nitrogens with two attached hydrogens (primary N) is 1. The third kappa shape index (κ3) is 2.23. The number of amidine groups is 1. The second-order valence-corrected chi connectivity index (χ2v) is 5.77. The smallest absolute Gasteiger partial charge is 0.346 e. The molecule has 1 aromatic carbocycles. The molecule has 0 aromatic heterocycles. The van der Waals surface area contributed by atoms with Gasteiger partial charge in [0.25, 0.3) is 0 Å². The largest absolute Gasteiger partial charge is 0.385 e. The summed E-state index contributed by atoms with van der Waals surface area (Å²) < 4.78 is 0. The van der Waals surface area contributed by atoms with Crippen molar-refractivity contribution in [2.24, 2.45) is 16.6 Å². The van der Waals surface area contributed by atoms with Gasteiger partial charge in [-0.1, -0.05) is 43.2 Å². The number of benzene rings is 1. The zero-order chi connectivity index (χ0) is 13.5. The summed E-state index contributed by atoms with van der Waals surface area (Å²) in [4.78, 5) is 17.9. The molecule has 0 radical (unpaired) electrons. The van der Waals surface area contributed by atoms with Crippen molar-refractivity contribution in [3.8, 4) is 0 Å². The van der Waals surface area contributed by atoms with Crippen LogP contribution in [0.3, 0.4) is 0 Å². The SMILES string of the molecule is CC1(CC2CC2)C(N)=NC(=O)N1Cc1ccccc1. The molecule has 3 rings (SSSR count). The van der Waals surface area contributed by atoms with E-state index in [0.29, 0.717) is 18.3 Å². The van der Waals surface area contributed by atoms with Gasteiger partial charge in [-0.25, -0.2) is 4.79 Å². The van der Waals surface area contributed by atoms with Crippen molar-refractivity contribution in [2.45, 2.75) is 38.3 Å². The summed E-state index contributed by atoms with van der Waals surface area (Å²) in [5.74, 6) is 1.17. The summed E-state index contributed by atoms with van der Waals surface area (Å²) in [5, 5.41) is 0. The van der Waals surface area contributed by atoms with Crippen LogP contribution < -0.4 is 5.73 Å². The van der Waals surface area contributed by atoms with E-state index in [1.54, 1.807) is 0 Å². The first-order valence-corrected chi connectivity index (χ1v) is 6.80. The summed E-state index contributed by atoms with van der Waals surface area (Å²) in [6.45, 7) is 2.62. The predicted molar refractivity (Wildman–Crippen MR) is 74.7 cm³/mol. The zero-order valence-corrected chi connectivity index (χ0v) is 11.2. The van der Waals surface area contributed by atoms with Crippen LogP contribution in [0, 0.1) is 5.92 Å². The first-order valence-electron chi connectivity index (χ1n) is 6.80. The van der Waals surface area contributed by atoms with Crippen LogP contribution in [0.25, 0.3) is 0 Å². The number of nitrogens with zero attached hydrogens (tertiary/aromatic N) is 2. The van der Waals surface area contributed by atoms with Crippen LogP contribution in [0.2, 0.25) is 0 Å². The molecular formula is C15H19N3O. The van der Waals surface area contributed by atoms with Crippen LogP contribution in [0.1, 0.15) is 31.7 Å². The minimum absolute atomic E-state index is 0.204. The monoisotopic (exact) mass is 257 g/mol. The van der Waals surface area contributed by atoms with E-state index in [2.05, 4.69) is 4.99 Å². The highest BCUT2D eigenvalue weighted by molar-refractivity contribution is 6.05. The van der Waals surface area contributed by atoms with Gasteiger partial charge in [-0.3, -0.25) is 0 Å². The van der Waals surface area contributed by atoms with Gasteiger partial charge < -0.3 is 10.6 Å². The average Bonchev–Trinajstić information content (AvgIpc) is 3.17. The molecule has 1 aliphatic carbocycles. The fourth-order valence-corrected chi connectivity index (χ4v) is 2.74. The van der Waals surface area contributed by atoms with Crippen molar-refractivity contribution >= 4 is 11.9 Å². The molecule has 1 aromatic rings. The molecular weight excluding hydrogens is 238 g/mol. The number of rotatable bonds is 4. The number of hydrogen-bond donors (Lipinski definition) is 1. The lowest BCUT2D eigenvalue weighted by Crippen LogP contribution is -2.51. The Labute approximate surface area is 113 Å². The molecule has 0 bridgehead atoms. The summed E-state index contributed by atoms with van der Waals surface area (Å²) in [6, 6.07) is 9.79. The summed E-state index contributed by atoms with van der Waals surface area (Å²) in [7, 11) is 0. The highest BCUT2D eigenvalue weighted by atomic mass is 16.2. The number of carbonyl (C=O) groups is 1. The second kappa shape index (κ2) is 4.37. The topological polar surface area (TPSA) is 58.7 Å². The molecule has 2 N–H and O–H groups in total. The molecule has 1 unspecified atom stereocenters. The molecule has 4 heteroatoms. The Bertz CT molecular complexity index is 521. The Kier molecular flexibility index (Phi) is 2.81. The minimum Gasteiger partial charge on any atom is -0.385 e. The molecule has 1 heterocycles. The standard InChI is InChI=1S/C15H19N3O/c1-15(9-11-7-8-11)13(16)17-14(19)18(15)10-12-5-3-2-4-6-12/h2-6,11H,7-10H2,1H3,(H2,16,17,19). The zero-order valence-electron chi connectivity index (χ0n) is 11.2. The molecule has 100 valence electrons. The number of aliphatic imine (C=N–C) groups is 1. The number of carbonyl (C=O) groups excluding carboxylic acids is 1. The fraction of sp³-hybridized carbons (Fsp3) is 0.467. The number of urea groups is 1. The van der Waals surface area contributed by atoms with E-state index in [4.69, 9.17) is 5.73 Å². The van der Waals surface area contributed by atoms with E-state index >= 15 is 0 Å². The van der Waals surface area contributed by atoms with Gasteiger partial charge in [0.2, 0.25) is 0 Å². The second-order valence-electron chi connectivity index (χ2n) is 5.77. The highest BCUT2D eigenvalue weighted by Crippen LogP contribution is 2.41. The Morgan fingerprint density at radius 1 is 1.37 bits per heavy atom. The van der Waals surface area contributed by atoms with Crippen LogP contribution in [-0.4, -0.2) is 22.3 Å². The summed E-state index contributed by atoms with van der Waals surface area (Å²) in [5.41, 5.74) is 6.72. The van der Waals surface area contributed by atoms with Crippen LogP contribution in [0.4, 0.5) is 4.79 Å². The highest BCUT2D eigenvalue weighted by Gasteiger charge is 2.47. The third-order valence-corrected chi connectivity index (χ3v) is 4.16. The molecule has 4 nitrogen and oxygen atoms in total. The quantitative estimate of drug-likeness (QED) is 0.901. The van der Waals surface area contributed by atoms with E-state index in [1.165, 1.54) is 12.8 Å². The molecule has 19 heavy (non-hydrogen) atoms. The first kappa shape index (κ1) is 12.2. The third-order valence-electron chi connectivity index (χ3n) is 4.16. The van der Waals surface area contributed by atoms with Crippen molar-refractivity contribution in [2.75, 3.05) is 0 Å². The summed E-state index contributed by atoms with van der Waals surface area (Å²) in [6.07, 6.45) is 3.42. The molecule has 1 aliphatic heterocycles. The van der Waals surface area contributed by atoms with Crippen molar-refractivity contribution < 1.29 is 4.79 Å². The van der Waals surface area contributed by atoms with Crippen LogP contribution >= 0.6 is 0 Å². The molecule has 2 amide bonds. The lowest BCUT2D eigenvalue weighted by Gasteiger charge is -2.35. The van der Waals surface area contributed by atoms with Gasteiger partial charge in [0.1, 0.15) is 5.84 Å². The van der Waals surface area contributed by atoms with Gasteiger partial charge >= 0.3 is 6.03 Å². The predicted octanol–water partition coefficient (Wildman–Crippen LogP) is 2.54. The average molecular weight is 257 g/mol. The van der Waals surface area contributed by atoms with Gasteiger partial charge in [0.15, 0.2) is 0 Å². The normalized spacial score (nSPS) is 26.7. The maximum atomic E-state index is 12.1. The Morgan fingerprint density at radius 2 is 2.05 bits per heavy atom. The van der Waals surface area contributed by atoms with E-state index in [9.17, 15) is 4.79 Å². The van der Waals surface area contributed by atoms with Crippen molar-refractivity contribution in [3.63, 3.8) is 0 Å². The Morgan fingerprint density at radius 3 is 2.68 bits per heavy atom. The van der Waals surface area contributed by atoms with Gasteiger partial charge in [0.05, 0.1) is 5.54 Å². The van der Waals surface area contributed by atoms with Crippen LogP contribution in [0.15, 0.2) is 35.3 Å². The van der Waals surface area contributed by atoms with Gasteiger partial charge in [0, 0.05) is 6.54 Å². The van der Waals surface area contributed by atoms with E-state index in [-0.39, 0.29) is 6.03 Å². The fourth-order valence-electron chi connectivity index (χ4n) is 2.74. The summed E-state index contributed by atoms with van der Waals surface area (Å²) >= 11 is 0. The molecule has 0 spiro atoms. The van der Waals surface area contributed by atoms with E-state index in [0.717, 1.165) is 12.0 Å². The molecule has 1 fully saturated rings. The number of amides is 2. The maximum absolute atomic E-state index is 12.1. The minimum atomic E-state index is -0.409. The first-order chi connectivity index (χ1) is 9.09. The number of hydrogen-bond acceptors (Lipinski definition) is 2. The Hall–Kier alpha value is -1.84. The van der Waals surface area contributed by atoms with Crippen molar-refractivity contribution in [1.82, 2.24) is 4.90 Å². The van der Waals surface area contributed by atoms with E-state index < -0.39 is 5.54 Å². The van der Waals surface area contributed by atoms with Crippen molar-refractivity contribution in [3.05, 3.63) is 35.9 Å². The Balaban J connectivity index is 1.83. The van der Waals surface area contributed by atoms with Crippen LogP contribution in [0.5, 0.6) is 0 Å². The van der Waals surface area contributed by atoms with Crippen molar-refractivity contribution in [1.29, 1.82) is 0 Å².